The van der Waals surface area contributed by atoms with Crippen LogP contribution in [0.2, 0.25) is 0 Å². The molecule has 176 valence electrons. The lowest BCUT2D eigenvalue weighted by atomic mass is 10.0. The minimum Gasteiger partial charge on any atom is -0.336 e. The van der Waals surface area contributed by atoms with Crippen LogP contribution in [0.25, 0.3) is 0 Å². The van der Waals surface area contributed by atoms with E-state index in [-0.39, 0.29) is 10.6 Å². The highest BCUT2D eigenvalue weighted by atomic mass is 32.2. The number of nitrogens with zero attached hydrogens (tertiary/aromatic N) is 2. The number of benzene rings is 1. The molecule has 0 radical (unpaired) electrons. The summed E-state index contributed by atoms with van der Waals surface area (Å²) in [6.07, 6.45) is -3.44. The van der Waals surface area contributed by atoms with E-state index in [0.717, 1.165) is 24.3 Å². The van der Waals surface area contributed by atoms with E-state index < -0.39 is 57.5 Å². The number of halogens is 4. The fourth-order valence-electron chi connectivity index (χ4n) is 3.15. The highest BCUT2D eigenvalue weighted by molar-refractivity contribution is 7.91. The largest absolute Gasteiger partial charge is 0.407 e. The number of amides is 1. The minimum atomic E-state index is -4.87. The number of aromatic nitrogens is 1. The van der Waals surface area contributed by atoms with Crippen molar-refractivity contribution in [1.82, 2.24) is 15.6 Å². The van der Waals surface area contributed by atoms with E-state index in [0.29, 0.717) is 12.8 Å². The maximum atomic E-state index is 13.8. The average Bonchev–Trinajstić information content (AvgIpc) is 3.54. The number of pyridine rings is 1. The van der Waals surface area contributed by atoms with Crippen molar-refractivity contribution in [3.8, 4) is 6.07 Å². The summed E-state index contributed by atoms with van der Waals surface area (Å²) in [5.74, 6) is -2.33. The van der Waals surface area contributed by atoms with Gasteiger partial charge in [0.05, 0.1) is 17.9 Å². The van der Waals surface area contributed by atoms with Gasteiger partial charge in [0.2, 0.25) is 5.91 Å². The molecule has 0 spiro atoms. The minimum absolute atomic E-state index is 0.272. The molecule has 12 heteroatoms. The molecule has 3 rings (SSSR count). The van der Waals surface area contributed by atoms with Crippen LogP contribution in [-0.2, 0) is 14.6 Å². The van der Waals surface area contributed by atoms with Crippen LogP contribution in [0.4, 0.5) is 17.6 Å². The van der Waals surface area contributed by atoms with Crippen LogP contribution in [0.15, 0.2) is 53.7 Å². The van der Waals surface area contributed by atoms with Gasteiger partial charge < -0.3 is 5.32 Å². The Hall–Kier alpha value is -3.04. The van der Waals surface area contributed by atoms with E-state index in [9.17, 15) is 36.0 Å². The lowest BCUT2D eigenvalue weighted by Crippen LogP contribution is -2.52. The van der Waals surface area contributed by atoms with Gasteiger partial charge in [0.15, 0.2) is 14.9 Å². The Morgan fingerprint density at radius 3 is 2.36 bits per heavy atom. The molecule has 2 atom stereocenters. The molecular weight excluding hydrogens is 464 g/mol. The summed E-state index contributed by atoms with van der Waals surface area (Å²) < 4.78 is 79.8. The number of hydrogen-bond acceptors (Lipinski definition) is 6. The molecule has 1 aromatic carbocycles. The number of hydrogen-bond donors (Lipinski definition) is 2. The summed E-state index contributed by atoms with van der Waals surface area (Å²) in [6.45, 7) is 0. The van der Waals surface area contributed by atoms with Gasteiger partial charge in [-0.1, -0.05) is 18.2 Å². The molecule has 1 saturated carbocycles. The Bertz CT molecular complexity index is 1130. The van der Waals surface area contributed by atoms with Crippen molar-refractivity contribution >= 4 is 15.7 Å². The first-order valence-corrected chi connectivity index (χ1v) is 11.6. The molecule has 0 aliphatic heterocycles. The van der Waals surface area contributed by atoms with Gasteiger partial charge in [-0.05, 0) is 49.1 Å². The summed E-state index contributed by atoms with van der Waals surface area (Å²) in [4.78, 5) is 16.5. The van der Waals surface area contributed by atoms with Crippen molar-refractivity contribution in [2.45, 2.75) is 48.1 Å². The highest BCUT2D eigenvalue weighted by Gasteiger charge is 2.47. The number of rotatable bonds is 9. The normalized spacial score (nSPS) is 16.9. The Morgan fingerprint density at radius 2 is 1.85 bits per heavy atom. The molecule has 1 unspecified atom stereocenters. The number of nitriles is 1. The molecule has 2 aromatic rings. The second kappa shape index (κ2) is 9.44. The van der Waals surface area contributed by atoms with Gasteiger partial charge in [0, 0.05) is 6.20 Å². The molecule has 7 nitrogen and oxygen atoms in total. The summed E-state index contributed by atoms with van der Waals surface area (Å²) in [5, 5.41) is 13.5. The van der Waals surface area contributed by atoms with E-state index in [1.807, 2.05) is 6.07 Å². The van der Waals surface area contributed by atoms with E-state index in [2.05, 4.69) is 15.6 Å². The van der Waals surface area contributed by atoms with Crippen molar-refractivity contribution in [2.75, 3.05) is 5.75 Å². The number of alkyl halides is 3. The van der Waals surface area contributed by atoms with E-state index >= 15 is 0 Å². The van der Waals surface area contributed by atoms with Gasteiger partial charge in [0.25, 0.3) is 0 Å². The van der Waals surface area contributed by atoms with Crippen LogP contribution in [0.3, 0.4) is 0 Å². The summed E-state index contributed by atoms with van der Waals surface area (Å²) >= 11 is 0. The molecule has 33 heavy (non-hydrogen) atoms. The van der Waals surface area contributed by atoms with Crippen molar-refractivity contribution in [3.63, 3.8) is 0 Å². The lowest BCUT2D eigenvalue weighted by Gasteiger charge is -2.28. The Kier molecular flexibility index (Phi) is 7.04. The second-order valence-corrected chi connectivity index (χ2v) is 9.76. The Balaban J connectivity index is 1.86. The number of nitrogens with one attached hydrogen (secondary N) is 2. The van der Waals surface area contributed by atoms with Crippen molar-refractivity contribution in [2.24, 2.45) is 0 Å². The first-order valence-electron chi connectivity index (χ1n) is 9.91. The third-order valence-electron chi connectivity index (χ3n) is 5.17. The predicted octanol–water partition coefficient (Wildman–Crippen LogP) is 2.82. The maximum Gasteiger partial charge on any atom is 0.407 e. The van der Waals surface area contributed by atoms with Crippen molar-refractivity contribution < 1.29 is 30.8 Å². The molecular formula is C21H20F4N4O3S. The monoisotopic (exact) mass is 484 g/mol. The number of sulfone groups is 1. The van der Waals surface area contributed by atoms with Crippen molar-refractivity contribution in [3.05, 3.63) is 60.0 Å². The summed E-state index contributed by atoms with van der Waals surface area (Å²) in [5.41, 5.74) is -1.52. The average molecular weight is 484 g/mol. The van der Waals surface area contributed by atoms with Gasteiger partial charge in [-0.3, -0.25) is 10.1 Å². The van der Waals surface area contributed by atoms with Gasteiger partial charge in [-0.25, -0.2) is 17.8 Å². The standard InChI is InChI=1S/C21H20F4N4O3S/c22-15-6-4-14(5-7-15)18(21(23,24)25)28-16(19(30)29-20(13-26)9-10-20)8-12-33(31,32)17-3-1-2-11-27-17/h1-7,11,16,18,28H,8-10,12H2,(H,29,30)/t16-,18?/m1/s1. The second-order valence-electron chi connectivity index (χ2n) is 7.70. The Morgan fingerprint density at radius 1 is 1.18 bits per heavy atom. The zero-order valence-corrected chi connectivity index (χ0v) is 18.0. The van der Waals surface area contributed by atoms with Crippen LogP contribution in [0, 0.1) is 17.1 Å². The van der Waals surface area contributed by atoms with Crippen LogP contribution < -0.4 is 10.6 Å². The van der Waals surface area contributed by atoms with Crippen LogP contribution in [0.1, 0.15) is 30.9 Å². The third kappa shape index (κ3) is 6.27. The van der Waals surface area contributed by atoms with Crippen LogP contribution in [0.5, 0.6) is 0 Å². The molecule has 1 aromatic heterocycles. The van der Waals surface area contributed by atoms with E-state index in [4.69, 9.17) is 0 Å². The quantitative estimate of drug-likeness (QED) is 0.530. The molecule has 1 aliphatic rings. The molecule has 1 aliphatic carbocycles. The lowest BCUT2D eigenvalue weighted by molar-refractivity contribution is -0.161. The molecule has 0 saturated heterocycles. The topological polar surface area (TPSA) is 112 Å². The maximum absolute atomic E-state index is 13.8. The number of carbonyl (C=O) groups is 1. The van der Waals surface area contributed by atoms with Crippen molar-refractivity contribution in [1.29, 1.82) is 5.26 Å². The molecule has 1 amide bonds. The first-order chi connectivity index (χ1) is 15.5. The van der Waals surface area contributed by atoms with Crippen LogP contribution >= 0.6 is 0 Å². The van der Waals surface area contributed by atoms with Gasteiger partial charge in [-0.15, -0.1) is 0 Å². The zero-order chi connectivity index (χ0) is 24.3. The fraction of sp³-hybridized carbons (Fsp3) is 0.381. The van der Waals surface area contributed by atoms with Gasteiger partial charge in [0.1, 0.15) is 17.4 Å². The van der Waals surface area contributed by atoms with Crippen LogP contribution in [-0.4, -0.2) is 42.8 Å². The SMILES string of the molecule is N#CC1(NC(=O)[C@@H](CCS(=O)(=O)c2ccccn2)NC(c2ccc(F)cc2)C(F)(F)F)CC1. The molecule has 1 fully saturated rings. The van der Waals surface area contributed by atoms with Gasteiger partial charge >= 0.3 is 6.18 Å². The molecule has 2 N–H and O–H groups in total. The smallest absolute Gasteiger partial charge is 0.336 e. The Labute approximate surface area is 187 Å². The molecule has 0 bridgehead atoms. The first kappa shape index (κ1) is 24.6. The predicted molar refractivity (Wildman–Crippen MR) is 109 cm³/mol. The van der Waals surface area contributed by atoms with Gasteiger partial charge in [-0.2, -0.15) is 18.4 Å². The third-order valence-corrected chi connectivity index (χ3v) is 6.83. The highest BCUT2D eigenvalue weighted by Crippen LogP contribution is 2.36. The number of carbonyl (C=O) groups excluding carboxylic acids is 1. The summed E-state index contributed by atoms with van der Waals surface area (Å²) in [6, 6.07) is 5.68. The molecule has 1 heterocycles. The van der Waals surface area contributed by atoms with E-state index in [1.54, 1.807) is 0 Å². The zero-order valence-electron chi connectivity index (χ0n) is 17.1. The van der Waals surface area contributed by atoms with E-state index in [1.165, 1.54) is 24.4 Å². The fourth-order valence-corrected chi connectivity index (χ4v) is 4.41. The summed E-state index contributed by atoms with van der Waals surface area (Å²) in [7, 11) is -3.99.